The van der Waals surface area contributed by atoms with Crippen molar-refractivity contribution in [3.8, 4) is 0 Å². The second-order valence-electron chi connectivity index (χ2n) is 5.26. The van der Waals surface area contributed by atoms with E-state index >= 15 is 0 Å². The van der Waals surface area contributed by atoms with Crippen LogP contribution in [0.15, 0.2) is 24.3 Å². The molecule has 3 nitrogen and oxygen atoms in total. The first-order chi connectivity index (χ1) is 9.39. The molecular formula is C14H19F3N2O. The van der Waals surface area contributed by atoms with E-state index in [0.717, 1.165) is 5.69 Å². The Morgan fingerprint density at radius 3 is 2.35 bits per heavy atom. The third kappa shape index (κ3) is 2.70. The molecule has 0 atom stereocenters. The molecule has 6 heteroatoms. The molecule has 0 aliphatic carbocycles. The fraction of sp³-hybridized carbons (Fsp3) is 0.571. The predicted octanol–water partition coefficient (Wildman–Crippen LogP) is 3.06. The quantitative estimate of drug-likeness (QED) is 0.869. The molecule has 0 saturated carbocycles. The summed E-state index contributed by atoms with van der Waals surface area (Å²) in [4.78, 5) is 1.91. The third-order valence-corrected chi connectivity index (χ3v) is 4.02. The number of alkyl halides is 3. The number of halogens is 3. The normalized spacial score (nSPS) is 19.1. The van der Waals surface area contributed by atoms with E-state index in [-0.39, 0.29) is 19.4 Å². The Morgan fingerprint density at radius 2 is 1.85 bits per heavy atom. The summed E-state index contributed by atoms with van der Waals surface area (Å²) in [5.41, 5.74) is 5.54. The van der Waals surface area contributed by atoms with E-state index in [1.54, 1.807) is 6.07 Å². The molecule has 2 rings (SSSR count). The second kappa shape index (κ2) is 5.52. The van der Waals surface area contributed by atoms with Gasteiger partial charge in [0.2, 0.25) is 0 Å². The van der Waals surface area contributed by atoms with E-state index in [1.807, 2.05) is 23.1 Å². The number of nitrogens with zero attached hydrogens (tertiary/aromatic N) is 1. The van der Waals surface area contributed by atoms with Crippen LogP contribution < -0.4 is 10.6 Å². The van der Waals surface area contributed by atoms with Crippen LogP contribution in [0.5, 0.6) is 0 Å². The van der Waals surface area contributed by atoms with Crippen molar-refractivity contribution in [2.75, 3.05) is 37.4 Å². The molecule has 0 bridgehead atoms. The van der Waals surface area contributed by atoms with Crippen LogP contribution in [0.1, 0.15) is 12.8 Å². The van der Waals surface area contributed by atoms with Crippen molar-refractivity contribution in [3.63, 3.8) is 0 Å². The molecule has 1 heterocycles. The van der Waals surface area contributed by atoms with Gasteiger partial charge in [-0.3, -0.25) is 0 Å². The summed E-state index contributed by atoms with van der Waals surface area (Å²) in [6.45, 7) is 0.378. The predicted molar refractivity (Wildman–Crippen MR) is 72.7 cm³/mol. The summed E-state index contributed by atoms with van der Waals surface area (Å²) in [5, 5.41) is 0. The van der Waals surface area contributed by atoms with E-state index in [1.165, 1.54) is 7.11 Å². The summed E-state index contributed by atoms with van der Waals surface area (Å²) in [6, 6.07) is 7.25. The highest BCUT2D eigenvalue weighted by molar-refractivity contribution is 5.67. The fourth-order valence-corrected chi connectivity index (χ4v) is 2.74. The Morgan fingerprint density at radius 1 is 1.25 bits per heavy atom. The topological polar surface area (TPSA) is 38.5 Å². The Kier molecular flexibility index (Phi) is 4.13. The van der Waals surface area contributed by atoms with Crippen molar-refractivity contribution in [1.29, 1.82) is 0 Å². The lowest BCUT2D eigenvalue weighted by Crippen LogP contribution is -2.50. The zero-order chi connectivity index (χ0) is 14.8. The van der Waals surface area contributed by atoms with Gasteiger partial charge in [-0.25, -0.2) is 0 Å². The van der Waals surface area contributed by atoms with Crippen LogP contribution in [0, 0.1) is 5.41 Å². The van der Waals surface area contributed by atoms with E-state index < -0.39 is 11.6 Å². The number of methoxy groups -OCH3 is 1. The van der Waals surface area contributed by atoms with Crippen LogP contribution in [-0.2, 0) is 4.74 Å². The first-order valence-electron chi connectivity index (χ1n) is 6.55. The molecule has 1 aromatic rings. The molecule has 20 heavy (non-hydrogen) atoms. The van der Waals surface area contributed by atoms with Gasteiger partial charge in [0, 0.05) is 20.2 Å². The van der Waals surface area contributed by atoms with Crippen molar-refractivity contribution < 1.29 is 17.9 Å². The van der Waals surface area contributed by atoms with Gasteiger partial charge in [0.15, 0.2) is 0 Å². The van der Waals surface area contributed by atoms with E-state index in [4.69, 9.17) is 10.5 Å². The lowest BCUT2D eigenvalue weighted by Gasteiger charge is -2.43. The minimum absolute atomic E-state index is 0.0265. The zero-order valence-electron chi connectivity index (χ0n) is 11.4. The lowest BCUT2D eigenvalue weighted by molar-refractivity contribution is -0.244. The summed E-state index contributed by atoms with van der Waals surface area (Å²) >= 11 is 0. The molecule has 2 N–H and O–H groups in total. The number of nitrogen functional groups attached to an aromatic ring is 1. The van der Waals surface area contributed by atoms with Gasteiger partial charge in [0.25, 0.3) is 0 Å². The van der Waals surface area contributed by atoms with Crippen LogP contribution in [0.2, 0.25) is 0 Å². The van der Waals surface area contributed by atoms with Gasteiger partial charge in [-0.15, -0.1) is 0 Å². The fourth-order valence-electron chi connectivity index (χ4n) is 2.74. The number of nitrogens with two attached hydrogens (primary N) is 1. The van der Waals surface area contributed by atoms with Crippen LogP contribution in [0.4, 0.5) is 24.5 Å². The average Bonchev–Trinajstić information content (AvgIpc) is 2.39. The first kappa shape index (κ1) is 15.0. The molecule has 1 aromatic carbocycles. The minimum Gasteiger partial charge on any atom is -0.397 e. The lowest BCUT2D eigenvalue weighted by atomic mass is 9.78. The van der Waals surface area contributed by atoms with Crippen molar-refractivity contribution in [2.45, 2.75) is 19.0 Å². The smallest absolute Gasteiger partial charge is 0.396 e. The number of ether oxygens (including phenoxy) is 1. The molecule has 0 unspecified atom stereocenters. The van der Waals surface area contributed by atoms with Gasteiger partial charge in [-0.05, 0) is 25.0 Å². The van der Waals surface area contributed by atoms with E-state index in [0.29, 0.717) is 18.8 Å². The van der Waals surface area contributed by atoms with Gasteiger partial charge in [-0.2, -0.15) is 13.2 Å². The van der Waals surface area contributed by atoms with Gasteiger partial charge in [-0.1, -0.05) is 12.1 Å². The highest BCUT2D eigenvalue weighted by Crippen LogP contribution is 2.47. The molecule has 1 aliphatic rings. The molecule has 1 fully saturated rings. The van der Waals surface area contributed by atoms with Crippen LogP contribution >= 0.6 is 0 Å². The number of benzene rings is 1. The van der Waals surface area contributed by atoms with Gasteiger partial charge < -0.3 is 15.4 Å². The van der Waals surface area contributed by atoms with Gasteiger partial charge in [0.1, 0.15) is 0 Å². The SMILES string of the molecule is COCC1(C(F)(F)F)CCN(c2ccccc2N)CC1. The van der Waals surface area contributed by atoms with Gasteiger partial charge >= 0.3 is 6.18 Å². The molecule has 1 aliphatic heterocycles. The number of hydrogen-bond acceptors (Lipinski definition) is 3. The maximum absolute atomic E-state index is 13.3. The standard InChI is InChI=1S/C14H19F3N2O/c1-20-10-13(14(15,16)17)6-8-19(9-7-13)12-5-3-2-4-11(12)18/h2-5H,6-10,18H2,1H3. The summed E-state index contributed by atoms with van der Waals surface area (Å²) < 4.78 is 44.6. The first-order valence-corrected chi connectivity index (χ1v) is 6.55. The van der Waals surface area contributed by atoms with Crippen LogP contribution in [0.3, 0.4) is 0 Å². The maximum atomic E-state index is 13.3. The number of piperidine rings is 1. The second-order valence-corrected chi connectivity index (χ2v) is 5.26. The number of para-hydroxylation sites is 2. The monoisotopic (exact) mass is 288 g/mol. The van der Waals surface area contributed by atoms with Gasteiger partial charge in [0.05, 0.1) is 23.4 Å². The Balaban J connectivity index is 2.13. The molecule has 112 valence electrons. The molecule has 0 amide bonds. The van der Waals surface area contributed by atoms with Crippen LogP contribution in [-0.4, -0.2) is 33.0 Å². The van der Waals surface area contributed by atoms with E-state index in [2.05, 4.69) is 0 Å². The largest absolute Gasteiger partial charge is 0.397 e. The Hall–Kier alpha value is -1.43. The summed E-state index contributed by atoms with van der Waals surface area (Å²) in [5.74, 6) is 0. The maximum Gasteiger partial charge on any atom is 0.396 e. The molecule has 0 spiro atoms. The molecule has 0 radical (unpaired) electrons. The van der Waals surface area contributed by atoms with E-state index in [9.17, 15) is 13.2 Å². The Bertz CT molecular complexity index is 454. The molecular weight excluding hydrogens is 269 g/mol. The molecule has 1 saturated heterocycles. The summed E-state index contributed by atoms with van der Waals surface area (Å²) in [7, 11) is 1.31. The third-order valence-electron chi connectivity index (χ3n) is 4.02. The highest BCUT2D eigenvalue weighted by Gasteiger charge is 2.55. The highest BCUT2D eigenvalue weighted by atomic mass is 19.4. The number of hydrogen-bond donors (Lipinski definition) is 1. The molecule has 0 aromatic heterocycles. The van der Waals surface area contributed by atoms with Crippen molar-refractivity contribution in [3.05, 3.63) is 24.3 Å². The van der Waals surface area contributed by atoms with Crippen molar-refractivity contribution >= 4 is 11.4 Å². The Labute approximate surface area is 116 Å². The number of rotatable bonds is 3. The minimum atomic E-state index is -4.24. The number of anilines is 2. The average molecular weight is 288 g/mol. The van der Waals surface area contributed by atoms with Crippen molar-refractivity contribution in [2.24, 2.45) is 5.41 Å². The van der Waals surface area contributed by atoms with Crippen LogP contribution in [0.25, 0.3) is 0 Å². The zero-order valence-corrected chi connectivity index (χ0v) is 11.4. The summed E-state index contributed by atoms with van der Waals surface area (Å²) in [6.07, 6.45) is -4.19. The van der Waals surface area contributed by atoms with Crippen molar-refractivity contribution in [1.82, 2.24) is 0 Å².